The van der Waals surface area contributed by atoms with Crippen molar-refractivity contribution in [3.05, 3.63) is 47.8 Å². The minimum Gasteiger partial charge on any atom is -0.373 e. The Bertz CT molecular complexity index is 580. The Hall–Kier alpha value is -2.30. The molecule has 0 saturated heterocycles. The molecule has 2 heterocycles. The molecule has 1 aromatic carbocycles. The van der Waals surface area contributed by atoms with Gasteiger partial charge in [0.05, 0.1) is 6.20 Å². The summed E-state index contributed by atoms with van der Waals surface area (Å²) in [6.45, 7) is 0.515. The molecule has 1 aromatic heterocycles. The molecule has 0 spiro atoms. The highest BCUT2D eigenvalue weighted by Gasteiger charge is 2.25. The maximum Gasteiger partial charge on any atom is 0.243 e. The number of aromatic nitrogens is 2. The summed E-state index contributed by atoms with van der Waals surface area (Å²) in [5, 5.41) is 10.3. The third-order valence-corrected chi connectivity index (χ3v) is 3.31. The fourth-order valence-electron chi connectivity index (χ4n) is 2.33. The maximum atomic E-state index is 12.1. The first kappa shape index (κ1) is 11.8. The average molecular weight is 256 g/mol. The maximum absolute atomic E-state index is 12.1. The Balaban J connectivity index is 1.58. The summed E-state index contributed by atoms with van der Waals surface area (Å²) in [5.74, 6) is 0.0278. The van der Waals surface area contributed by atoms with Crippen molar-refractivity contribution in [1.82, 2.24) is 15.1 Å². The molecule has 2 N–H and O–H groups in total. The lowest BCUT2D eigenvalue weighted by molar-refractivity contribution is -0.121. The Morgan fingerprint density at radius 3 is 3.11 bits per heavy atom. The third kappa shape index (κ3) is 2.45. The van der Waals surface area contributed by atoms with E-state index in [0.29, 0.717) is 6.54 Å². The summed E-state index contributed by atoms with van der Waals surface area (Å²) in [6.07, 6.45) is 4.41. The number of hydrogen-bond donors (Lipinski definition) is 2. The van der Waals surface area contributed by atoms with Crippen LogP contribution in [0, 0.1) is 0 Å². The van der Waals surface area contributed by atoms with Crippen LogP contribution < -0.4 is 10.6 Å². The predicted molar refractivity (Wildman–Crippen MR) is 72.6 cm³/mol. The Kier molecular flexibility index (Phi) is 2.95. The van der Waals surface area contributed by atoms with Crippen molar-refractivity contribution in [3.8, 4) is 0 Å². The summed E-state index contributed by atoms with van der Waals surface area (Å²) in [4.78, 5) is 12.1. The first-order chi connectivity index (χ1) is 9.22. The highest BCUT2D eigenvalue weighted by atomic mass is 16.2. The van der Waals surface area contributed by atoms with Crippen LogP contribution in [0.25, 0.3) is 0 Å². The fourth-order valence-corrected chi connectivity index (χ4v) is 2.33. The lowest BCUT2D eigenvalue weighted by Gasteiger charge is -2.11. The summed E-state index contributed by atoms with van der Waals surface area (Å²) >= 11 is 0. The number of nitrogens with one attached hydrogen (secondary N) is 2. The SMILES string of the molecule is Cn1cc(CNC(=O)C2Cc3ccccc3N2)cn1. The first-order valence-corrected chi connectivity index (χ1v) is 6.32. The van der Waals surface area contributed by atoms with Gasteiger partial charge in [0.15, 0.2) is 0 Å². The Labute approximate surface area is 111 Å². The van der Waals surface area contributed by atoms with Gasteiger partial charge < -0.3 is 10.6 Å². The zero-order valence-corrected chi connectivity index (χ0v) is 10.8. The van der Waals surface area contributed by atoms with Crippen LogP contribution in [0.1, 0.15) is 11.1 Å². The number of rotatable bonds is 3. The second-order valence-electron chi connectivity index (χ2n) is 4.80. The molecule has 19 heavy (non-hydrogen) atoms. The van der Waals surface area contributed by atoms with Gasteiger partial charge in [-0.1, -0.05) is 18.2 Å². The molecular weight excluding hydrogens is 240 g/mol. The van der Waals surface area contributed by atoms with Gasteiger partial charge in [-0.15, -0.1) is 0 Å². The topological polar surface area (TPSA) is 59.0 Å². The largest absolute Gasteiger partial charge is 0.373 e. The molecule has 1 amide bonds. The van der Waals surface area contributed by atoms with Crippen LogP contribution in [0.2, 0.25) is 0 Å². The molecule has 2 aromatic rings. The number of carbonyl (C=O) groups excluding carboxylic acids is 1. The minimum atomic E-state index is -0.172. The van der Waals surface area contributed by atoms with Gasteiger partial charge in [0.25, 0.3) is 0 Å². The molecule has 0 bridgehead atoms. The smallest absolute Gasteiger partial charge is 0.243 e. The summed E-state index contributed by atoms with van der Waals surface area (Å²) < 4.78 is 1.73. The molecule has 0 fully saturated rings. The lowest BCUT2D eigenvalue weighted by Crippen LogP contribution is -2.37. The van der Waals surface area contributed by atoms with Gasteiger partial charge >= 0.3 is 0 Å². The fraction of sp³-hybridized carbons (Fsp3) is 0.286. The minimum absolute atomic E-state index is 0.0278. The van der Waals surface area contributed by atoms with Gasteiger partial charge in [-0.25, -0.2) is 0 Å². The first-order valence-electron chi connectivity index (χ1n) is 6.32. The summed E-state index contributed by atoms with van der Waals surface area (Å²) in [6, 6.07) is 7.85. The van der Waals surface area contributed by atoms with Crippen molar-refractivity contribution in [3.63, 3.8) is 0 Å². The lowest BCUT2D eigenvalue weighted by atomic mass is 10.1. The third-order valence-electron chi connectivity index (χ3n) is 3.31. The number of para-hydroxylation sites is 1. The average Bonchev–Trinajstić information content (AvgIpc) is 3.01. The Morgan fingerprint density at radius 1 is 1.53 bits per heavy atom. The molecule has 0 aliphatic carbocycles. The van der Waals surface area contributed by atoms with Crippen LogP contribution in [-0.2, 0) is 24.8 Å². The molecule has 98 valence electrons. The van der Waals surface area contributed by atoms with Crippen LogP contribution in [0.5, 0.6) is 0 Å². The van der Waals surface area contributed by atoms with E-state index in [0.717, 1.165) is 17.7 Å². The van der Waals surface area contributed by atoms with Gasteiger partial charge in [0, 0.05) is 37.5 Å². The van der Waals surface area contributed by atoms with Crippen molar-refractivity contribution in [2.75, 3.05) is 5.32 Å². The van der Waals surface area contributed by atoms with Crippen LogP contribution in [0.3, 0.4) is 0 Å². The van der Waals surface area contributed by atoms with Gasteiger partial charge in [-0.3, -0.25) is 9.48 Å². The predicted octanol–water partition coefficient (Wildman–Crippen LogP) is 1.07. The molecule has 0 radical (unpaired) electrons. The number of amides is 1. The van der Waals surface area contributed by atoms with Gasteiger partial charge in [-0.2, -0.15) is 5.10 Å². The van der Waals surface area contributed by atoms with E-state index in [2.05, 4.69) is 21.8 Å². The van der Waals surface area contributed by atoms with Crippen molar-refractivity contribution in [1.29, 1.82) is 0 Å². The number of hydrogen-bond acceptors (Lipinski definition) is 3. The molecular formula is C14H16N4O. The summed E-state index contributed by atoms with van der Waals surface area (Å²) in [5.41, 5.74) is 3.26. The van der Waals surface area contributed by atoms with E-state index < -0.39 is 0 Å². The van der Waals surface area contributed by atoms with Gasteiger partial charge in [0.1, 0.15) is 6.04 Å². The number of fused-ring (bicyclic) bond motifs is 1. The van der Waals surface area contributed by atoms with Crippen LogP contribution in [-0.4, -0.2) is 21.7 Å². The van der Waals surface area contributed by atoms with Crippen molar-refractivity contribution >= 4 is 11.6 Å². The Morgan fingerprint density at radius 2 is 2.37 bits per heavy atom. The monoisotopic (exact) mass is 256 g/mol. The number of aryl methyl sites for hydroxylation is 1. The van der Waals surface area contributed by atoms with E-state index >= 15 is 0 Å². The molecule has 1 atom stereocenters. The number of benzene rings is 1. The van der Waals surface area contributed by atoms with Crippen molar-refractivity contribution in [2.24, 2.45) is 7.05 Å². The molecule has 5 heteroatoms. The molecule has 3 rings (SSSR count). The molecule has 1 aliphatic rings. The highest BCUT2D eigenvalue weighted by molar-refractivity contribution is 5.87. The van der Waals surface area contributed by atoms with E-state index in [1.54, 1.807) is 10.9 Å². The molecule has 0 saturated carbocycles. The quantitative estimate of drug-likeness (QED) is 0.863. The number of nitrogens with zero attached hydrogens (tertiary/aromatic N) is 2. The second kappa shape index (κ2) is 4.76. The van der Waals surface area contributed by atoms with Crippen molar-refractivity contribution in [2.45, 2.75) is 19.0 Å². The zero-order chi connectivity index (χ0) is 13.2. The van der Waals surface area contributed by atoms with Gasteiger partial charge in [0.2, 0.25) is 5.91 Å². The van der Waals surface area contributed by atoms with Crippen molar-refractivity contribution < 1.29 is 4.79 Å². The van der Waals surface area contributed by atoms with E-state index in [1.807, 2.05) is 31.4 Å². The number of carbonyl (C=O) groups is 1. The summed E-state index contributed by atoms with van der Waals surface area (Å²) in [7, 11) is 1.86. The van der Waals surface area contributed by atoms with E-state index in [1.165, 1.54) is 5.56 Å². The van der Waals surface area contributed by atoms with Crippen LogP contribution in [0.4, 0.5) is 5.69 Å². The second-order valence-corrected chi connectivity index (χ2v) is 4.80. The molecule has 1 aliphatic heterocycles. The standard InChI is InChI=1S/C14H16N4O/c1-18-9-10(8-16-18)7-15-14(19)13-6-11-4-2-3-5-12(11)17-13/h2-5,8-9,13,17H,6-7H2,1H3,(H,15,19). The van der Waals surface area contributed by atoms with E-state index in [9.17, 15) is 4.79 Å². The van der Waals surface area contributed by atoms with Gasteiger partial charge in [-0.05, 0) is 11.6 Å². The molecule has 1 unspecified atom stereocenters. The molecule has 5 nitrogen and oxygen atoms in total. The van der Waals surface area contributed by atoms with Crippen LogP contribution in [0.15, 0.2) is 36.7 Å². The normalized spacial score (nSPS) is 16.8. The van der Waals surface area contributed by atoms with E-state index in [4.69, 9.17) is 0 Å². The number of anilines is 1. The van der Waals surface area contributed by atoms with E-state index in [-0.39, 0.29) is 11.9 Å². The highest BCUT2D eigenvalue weighted by Crippen LogP contribution is 2.25. The van der Waals surface area contributed by atoms with Crippen LogP contribution >= 0.6 is 0 Å². The zero-order valence-electron chi connectivity index (χ0n) is 10.8.